The molecule has 0 amide bonds. The molecule has 19 heavy (non-hydrogen) atoms. The van der Waals surface area contributed by atoms with Gasteiger partial charge in [0.1, 0.15) is 11.6 Å². The molecule has 2 nitrogen and oxygen atoms in total. The van der Waals surface area contributed by atoms with E-state index in [9.17, 15) is 4.39 Å². The van der Waals surface area contributed by atoms with Crippen molar-refractivity contribution < 1.29 is 9.13 Å². The van der Waals surface area contributed by atoms with Crippen LogP contribution < -0.4 is 10.5 Å². The topological polar surface area (TPSA) is 35.2 Å². The molecular weight excluding hydrogens is 261 g/mol. The Hall–Kier alpha value is -1.39. The summed E-state index contributed by atoms with van der Waals surface area (Å²) in [7, 11) is 0. The maximum absolute atomic E-state index is 13.2. The number of ether oxygens (including phenoxy) is 1. The highest BCUT2D eigenvalue weighted by Crippen LogP contribution is 2.21. The van der Waals surface area contributed by atoms with Gasteiger partial charge in [-0.25, -0.2) is 4.39 Å². The van der Waals surface area contributed by atoms with Crippen molar-refractivity contribution in [1.82, 2.24) is 0 Å². The molecule has 0 radical (unpaired) electrons. The lowest BCUT2D eigenvalue weighted by Gasteiger charge is -2.13. The lowest BCUT2D eigenvalue weighted by atomic mass is 10.1. The van der Waals surface area contributed by atoms with Crippen LogP contribution in [0.2, 0.25) is 0 Å². The van der Waals surface area contributed by atoms with Crippen LogP contribution >= 0.6 is 11.3 Å². The minimum atomic E-state index is -0.249. The normalized spacial score (nSPS) is 12.4. The number of nitrogens with two attached hydrogens (primary N) is 1. The van der Waals surface area contributed by atoms with Gasteiger partial charge in [0, 0.05) is 17.3 Å². The van der Waals surface area contributed by atoms with Crippen molar-refractivity contribution in [1.29, 1.82) is 0 Å². The Balaban J connectivity index is 1.98. The van der Waals surface area contributed by atoms with Crippen molar-refractivity contribution in [3.05, 3.63) is 52.0 Å². The number of thiophene rings is 1. The average Bonchev–Trinajstić information content (AvgIpc) is 2.84. The standard InChI is InChI=1S/C15H18FNOS/c1-11(17)9-12-10-13(16)4-5-15(12)18-7-6-14-3-2-8-19-14/h2-5,8,10-11H,6-7,9,17H2,1H3. The maximum atomic E-state index is 13.2. The highest BCUT2D eigenvalue weighted by Gasteiger charge is 2.08. The fourth-order valence-electron chi connectivity index (χ4n) is 1.91. The van der Waals surface area contributed by atoms with E-state index in [0.29, 0.717) is 13.0 Å². The Morgan fingerprint density at radius 1 is 1.37 bits per heavy atom. The Bertz CT molecular complexity index is 511. The van der Waals surface area contributed by atoms with E-state index in [2.05, 4.69) is 11.4 Å². The van der Waals surface area contributed by atoms with Crippen LogP contribution in [0.15, 0.2) is 35.7 Å². The van der Waals surface area contributed by atoms with Gasteiger partial charge in [-0.05, 0) is 48.6 Å². The third-order valence-corrected chi connectivity index (χ3v) is 3.69. The van der Waals surface area contributed by atoms with E-state index in [1.807, 2.05) is 13.0 Å². The molecule has 0 saturated carbocycles. The molecule has 2 rings (SSSR count). The lowest BCUT2D eigenvalue weighted by Crippen LogP contribution is -2.18. The Morgan fingerprint density at radius 3 is 2.89 bits per heavy atom. The fraction of sp³-hybridized carbons (Fsp3) is 0.333. The summed E-state index contributed by atoms with van der Waals surface area (Å²) in [5.41, 5.74) is 6.61. The Morgan fingerprint density at radius 2 is 2.21 bits per heavy atom. The summed E-state index contributed by atoms with van der Waals surface area (Å²) in [6.07, 6.45) is 1.48. The van der Waals surface area contributed by atoms with Crippen LogP contribution in [-0.2, 0) is 12.8 Å². The molecule has 0 spiro atoms. The van der Waals surface area contributed by atoms with E-state index in [1.54, 1.807) is 17.4 Å². The summed E-state index contributed by atoms with van der Waals surface area (Å²) in [6, 6.07) is 8.71. The molecule has 2 aromatic rings. The van der Waals surface area contributed by atoms with E-state index in [0.717, 1.165) is 17.7 Å². The van der Waals surface area contributed by atoms with Gasteiger partial charge < -0.3 is 10.5 Å². The number of rotatable bonds is 6. The second-order valence-corrected chi connectivity index (χ2v) is 5.64. The third-order valence-electron chi connectivity index (χ3n) is 2.75. The number of hydrogen-bond donors (Lipinski definition) is 1. The zero-order valence-electron chi connectivity index (χ0n) is 10.9. The number of benzene rings is 1. The molecule has 1 heterocycles. The van der Waals surface area contributed by atoms with Crippen LogP contribution in [0.25, 0.3) is 0 Å². The molecule has 0 aliphatic rings. The lowest BCUT2D eigenvalue weighted by molar-refractivity contribution is 0.318. The van der Waals surface area contributed by atoms with Crippen molar-refractivity contribution in [2.75, 3.05) is 6.61 Å². The summed E-state index contributed by atoms with van der Waals surface area (Å²) >= 11 is 1.72. The minimum absolute atomic E-state index is 0.0126. The second kappa shape index (κ2) is 6.68. The van der Waals surface area contributed by atoms with Gasteiger partial charge in [-0.1, -0.05) is 6.07 Å². The molecular formula is C15H18FNOS. The Labute approximate surface area is 117 Å². The molecule has 1 atom stereocenters. The molecule has 1 unspecified atom stereocenters. The molecule has 2 N–H and O–H groups in total. The van der Waals surface area contributed by atoms with E-state index in [-0.39, 0.29) is 11.9 Å². The highest BCUT2D eigenvalue weighted by atomic mass is 32.1. The van der Waals surface area contributed by atoms with Crippen LogP contribution in [-0.4, -0.2) is 12.6 Å². The van der Waals surface area contributed by atoms with Gasteiger partial charge in [-0.15, -0.1) is 11.3 Å². The van der Waals surface area contributed by atoms with Crippen molar-refractivity contribution in [3.63, 3.8) is 0 Å². The molecule has 0 bridgehead atoms. The first kappa shape index (κ1) is 14.0. The van der Waals surface area contributed by atoms with Crippen molar-refractivity contribution in [2.45, 2.75) is 25.8 Å². The van der Waals surface area contributed by atoms with Crippen molar-refractivity contribution in [3.8, 4) is 5.75 Å². The molecule has 1 aromatic heterocycles. The van der Waals surface area contributed by atoms with Gasteiger partial charge in [-0.3, -0.25) is 0 Å². The van der Waals surface area contributed by atoms with Gasteiger partial charge in [0.2, 0.25) is 0 Å². The third kappa shape index (κ3) is 4.33. The number of hydrogen-bond acceptors (Lipinski definition) is 3. The molecule has 0 aliphatic heterocycles. The van der Waals surface area contributed by atoms with E-state index in [1.165, 1.54) is 17.0 Å². The van der Waals surface area contributed by atoms with Crippen LogP contribution in [0.3, 0.4) is 0 Å². The van der Waals surface area contributed by atoms with Gasteiger partial charge in [0.25, 0.3) is 0 Å². The molecule has 102 valence electrons. The van der Waals surface area contributed by atoms with Gasteiger partial charge in [0.05, 0.1) is 6.61 Å². The maximum Gasteiger partial charge on any atom is 0.123 e. The summed E-state index contributed by atoms with van der Waals surface area (Å²) < 4.78 is 19.0. The predicted octanol–water partition coefficient (Wildman–Crippen LogP) is 3.40. The monoisotopic (exact) mass is 279 g/mol. The predicted molar refractivity (Wildman–Crippen MR) is 77.3 cm³/mol. The smallest absolute Gasteiger partial charge is 0.123 e. The molecule has 4 heteroatoms. The molecule has 1 aromatic carbocycles. The first-order valence-corrected chi connectivity index (χ1v) is 7.22. The highest BCUT2D eigenvalue weighted by molar-refractivity contribution is 7.09. The van der Waals surface area contributed by atoms with E-state index >= 15 is 0 Å². The fourth-order valence-corrected chi connectivity index (χ4v) is 2.60. The summed E-state index contributed by atoms with van der Waals surface area (Å²) in [6.45, 7) is 2.50. The van der Waals surface area contributed by atoms with E-state index < -0.39 is 0 Å². The second-order valence-electron chi connectivity index (χ2n) is 4.61. The quantitative estimate of drug-likeness (QED) is 0.879. The average molecular weight is 279 g/mol. The number of halogens is 1. The largest absolute Gasteiger partial charge is 0.493 e. The SMILES string of the molecule is CC(N)Cc1cc(F)ccc1OCCc1cccs1. The van der Waals surface area contributed by atoms with Crippen LogP contribution in [0.4, 0.5) is 4.39 Å². The van der Waals surface area contributed by atoms with Crippen LogP contribution in [0.5, 0.6) is 5.75 Å². The summed E-state index contributed by atoms with van der Waals surface area (Å²) in [5, 5.41) is 2.05. The summed E-state index contributed by atoms with van der Waals surface area (Å²) in [4.78, 5) is 1.29. The van der Waals surface area contributed by atoms with Crippen molar-refractivity contribution >= 4 is 11.3 Å². The zero-order chi connectivity index (χ0) is 13.7. The van der Waals surface area contributed by atoms with E-state index in [4.69, 9.17) is 10.5 Å². The van der Waals surface area contributed by atoms with Crippen molar-refractivity contribution in [2.24, 2.45) is 5.73 Å². The molecule has 0 fully saturated rings. The van der Waals surface area contributed by atoms with Gasteiger partial charge >= 0.3 is 0 Å². The van der Waals surface area contributed by atoms with Crippen LogP contribution in [0.1, 0.15) is 17.4 Å². The zero-order valence-corrected chi connectivity index (χ0v) is 11.8. The molecule has 0 saturated heterocycles. The van der Waals surface area contributed by atoms with Gasteiger partial charge in [-0.2, -0.15) is 0 Å². The minimum Gasteiger partial charge on any atom is -0.493 e. The first-order valence-electron chi connectivity index (χ1n) is 6.34. The summed E-state index contributed by atoms with van der Waals surface area (Å²) in [5.74, 6) is 0.483. The van der Waals surface area contributed by atoms with Crippen LogP contribution in [0, 0.1) is 5.82 Å². The Kier molecular flexibility index (Phi) is 4.93. The van der Waals surface area contributed by atoms with Gasteiger partial charge in [0.15, 0.2) is 0 Å². The first-order chi connectivity index (χ1) is 9.15. The molecule has 0 aliphatic carbocycles.